The number of nitrogens with zero attached hydrogens (tertiary/aromatic N) is 2. The standard InChI is InChI=1S/C20H31F3N2/c1-5-15(2)19(14-25-10-9-24(4)16(3)13-25)18-8-6-7-17(11-18)12-20(21,22)23/h6-8,11,15-16,19H,5,9-10,12-14H2,1-4H3. The summed E-state index contributed by atoms with van der Waals surface area (Å²) in [5.74, 6) is 0.713. The van der Waals surface area contributed by atoms with Gasteiger partial charge in [0.05, 0.1) is 6.42 Å². The third-order valence-electron chi connectivity index (χ3n) is 5.61. The molecule has 1 fully saturated rings. The first-order valence-electron chi connectivity index (χ1n) is 9.27. The van der Waals surface area contributed by atoms with Crippen molar-refractivity contribution in [2.45, 2.75) is 51.7 Å². The van der Waals surface area contributed by atoms with Gasteiger partial charge in [-0.15, -0.1) is 0 Å². The van der Waals surface area contributed by atoms with Crippen molar-refractivity contribution >= 4 is 0 Å². The lowest BCUT2D eigenvalue weighted by molar-refractivity contribution is -0.127. The zero-order chi connectivity index (χ0) is 18.6. The van der Waals surface area contributed by atoms with Crippen molar-refractivity contribution in [1.29, 1.82) is 0 Å². The topological polar surface area (TPSA) is 6.48 Å². The minimum Gasteiger partial charge on any atom is -0.301 e. The minimum absolute atomic E-state index is 0.272. The molecule has 1 aromatic carbocycles. The number of halogens is 3. The molecule has 1 saturated heterocycles. The molecule has 3 unspecified atom stereocenters. The van der Waals surface area contributed by atoms with Crippen LogP contribution in [0.1, 0.15) is 44.2 Å². The van der Waals surface area contributed by atoms with Gasteiger partial charge in [-0.3, -0.25) is 4.90 Å². The molecule has 1 aliphatic rings. The van der Waals surface area contributed by atoms with Gasteiger partial charge in [-0.05, 0) is 36.9 Å². The predicted molar refractivity (Wildman–Crippen MR) is 96.9 cm³/mol. The molecule has 0 bridgehead atoms. The number of rotatable bonds is 6. The summed E-state index contributed by atoms with van der Waals surface area (Å²) in [7, 11) is 2.15. The predicted octanol–water partition coefficient (Wildman–Crippen LogP) is 4.56. The molecular weight excluding hydrogens is 325 g/mol. The highest BCUT2D eigenvalue weighted by Crippen LogP contribution is 2.31. The van der Waals surface area contributed by atoms with Crippen molar-refractivity contribution in [3.8, 4) is 0 Å². The monoisotopic (exact) mass is 356 g/mol. The van der Waals surface area contributed by atoms with Gasteiger partial charge in [0.25, 0.3) is 0 Å². The summed E-state index contributed by atoms with van der Waals surface area (Å²) >= 11 is 0. The van der Waals surface area contributed by atoms with Crippen LogP contribution in [0.3, 0.4) is 0 Å². The Morgan fingerprint density at radius 1 is 1.24 bits per heavy atom. The molecule has 2 rings (SSSR count). The van der Waals surface area contributed by atoms with Crippen LogP contribution in [-0.2, 0) is 6.42 Å². The number of alkyl halides is 3. The van der Waals surface area contributed by atoms with Crippen LogP contribution in [0.25, 0.3) is 0 Å². The van der Waals surface area contributed by atoms with E-state index < -0.39 is 12.6 Å². The van der Waals surface area contributed by atoms with Crippen LogP contribution < -0.4 is 0 Å². The fourth-order valence-corrected chi connectivity index (χ4v) is 3.63. The molecule has 0 aromatic heterocycles. The van der Waals surface area contributed by atoms with E-state index in [2.05, 4.69) is 37.6 Å². The lowest BCUT2D eigenvalue weighted by Gasteiger charge is -2.40. The maximum Gasteiger partial charge on any atom is 0.393 e. The Morgan fingerprint density at radius 2 is 1.96 bits per heavy atom. The molecule has 0 N–H and O–H groups in total. The van der Waals surface area contributed by atoms with E-state index in [1.807, 2.05) is 6.07 Å². The molecule has 1 aliphatic heterocycles. The van der Waals surface area contributed by atoms with Gasteiger partial charge < -0.3 is 4.90 Å². The first kappa shape index (κ1) is 20.2. The van der Waals surface area contributed by atoms with Crippen LogP contribution in [0.5, 0.6) is 0 Å². The van der Waals surface area contributed by atoms with Gasteiger partial charge in [0.15, 0.2) is 0 Å². The number of hydrogen-bond donors (Lipinski definition) is 0. The molecule has 0 radical (unpaired) electrons. The van der Waals surface area contributed by atoms with E-state index in [0.29, 0.717) is 17.5 Å². The largest absolute Gasteiger partial charge is 0.393 e. The van der Waals surface area contributed by atoms with E-state index in [1.54, 1.807) is 18.2 Å². The van der Waals surface area contributed by atoms with E-state index in [1.165, 1.54) is 0 Å². The summed E-state index contributed by atoms with van der Waals surface area (Å²) in [6.07, 6.45) is -3.98. The molecular formula is C20H31F3N2. The summed E-state index contributed by atoms with van der Waals surface area (Å²) in [5.41, 5.74) is 1.41. The molecule has 142 valence electrons. The molecule has 0 saturated carbocycles. The quantitative estimate of drug-likeness (QED) is 0.737. The van der Waals surface area contributed by atoms with E-state index in [9.17, 15) is 13.2 Å². The normalized spacial score (nSPS) is 22.8. The lowest BCUT2D eigenvalue weighted by Crippen LogP contribution is -2.51. The van der Waals surface area contributed by atoms with Gasteiger partial charge in [0, 0.05) is 32.2 Å². The van der Waals surface area contributed by atoms with Crippen LogP contribution in [-0.4, -0.2) is 55.2 Å². The van der Waals surface area contributed by atoms with Crippen molar-refractivity contribution in [2.75, 3.05) is 33.2 Å². The highest BCUT2D eigenvalue weighted by Gasteiger charge is 2.29. The Kier molecular flexibility index (Phi) is 6.92. The third kappa shape index (κ3) is 6.00. The molecule has 5 heteroatoms. The van der Waals surface area contributed by atoms with Crippen molar-refractivity contribution in [1.82, 2.24) is 9.80 Å². The fraction of sp³-hybridized carbons (Fsp3) is 0.700. The minimum atomic E-state index is -4.16. The van der Waals surface area contributed by atoms with E-state index >= 15 is 0 Å². The first-order chi connectivity index (χ1) is 11.7. The average Bonchev–Trinajstić information content (AvgIpc) is 2.53. The zero-order valence-corrected chi connectivity index (χ0v) is 15.8. The summed E-state index contributed by atoms with van der Waals surface area (Å²) < 4.78 is 38.2. The number of hydrogen-bond acceptors (Lipinski definition) is 2. The lowest BCUT2D eigenvalue weighted by atomic mass is 9.84. The van der Waals surface area contributed by atoms with Crippen molar-refractivity contribution in [3.63, 3.8) is 0 Å². The SMILES string of the molecule is CCC(C)C(CN1CCN(C)C(C)C1)c1cccc(CC(F)(F)F)c1. The maximum absolute atomic E-state index is 12.7. The highest BCUT2D eigenvalue weighted by atomic mass is 19.4. The Labute approximate surface area is 150 Å². The molecule has 3 atom stereocenters. The molecule has 0 spiro atoms. The average molecular weight is 356 g/mol. The van der Waals surface area contributed by atoms with E-state index in [4.69, 9.17) is 0 Å². The molecule has 0 amide bonds. The molecule has 25 heavy (non-hydrogen) atoms. The number of piperazine rings is 1. The smallest absolute Gasteiger partial charge is 0.301 e. The van der Waals surface area contributed by atoms with Crippen LogP contribution in [0.4, 0.5) is 13.2 Å². The molecule has 1 heterocycles. The van der Waals surface area contributed by atoms with Crippen LogP contribution >= 0.6 is 0 Å². The first-order valence-corrected chi connectivity index (χ1v) is 9.27. The second-order valence-electron chi connectivity index (χ2n) is 7.62. The second kappa shape index (κ2) is 8.54. The molecule has 0 aliphatic carbocycles. The van der Waals surface area contributed by atoms with Crippen molar-refractivity contribution in [3.05, 3.63) is 35.4 Å². The second-order valence-corrected chi connectivity index (χ2v) is 7.62. The summed E-state index contributed by atoms with van der Waals surface area (Å²) in [6, 6.07) is 7.64. The molecule has 2 nitrogen and oxygen atoms in total. The highest BCUT2D eigenvalue weighted by molar-refractivity contribution is 5.28. The van der Waals surface area contributed by atoms with Gasteiger partial charge >= 0.3 is 6.18 Å². The van der Waals surface area contributed by atoms with E-state index in [-0.39, 0.29) is 5.92 Å². The van der Waals surface area contributed by atoms with Gasteiger partial charge in [-0.1, -0.05) is 44.5 Å². The number of likely N-dealkylation sites (N-methyl/N-ethyl adjacent to an activating group) is 1. The van der Waals surface area contributed by atoms with Gasteiger partial charge in [0.1, 0.15) is 0 Å². The Morgan fingerprint density at radius 3 is 2.56 bits per heavy atom. The van der Waals surface area contributed by atoms with E-state index in [0.717, 1.165) is 38.2 Å². The van der Waals surface area contributed by atoms with Crippen molar-refractivity contribution in [2.24, 2.45) is 5.92 Å². The van der Waals surface area contributed by atoms with Gasteiger partial charge in [0.2, 0.25) is 0 Å². The Bertz CT molecular complexity index is 544. The summed E-state index contributed by atoms with van der Waals surface area (Å²) in [4.78, 5) is 4.83. The number of benzene rings is 1. The van der Waals surface area contributed by atoms with Crippen LogP contribution in [0.15, 0.2) is 24.3 Å². The Balaban J connectivity index is 2.16. The van der Waals surface area contributed by atoms with Gasteiger partial charge in [-0.2, -0.15) is 13.2 Å². The molecule has 1 aromatic rings. The van der Waals surface area contributed by atoms with Crippen LogP contribution in [0, 0.1) is 5.92 Å². The van der Waals surface area contributed by atoms with Crippen molar-refractivity contribution < 1.29 is 13.2 Å². The summed E-state index contributed by atoms with van der Waals surface area (Å²) in [6.45, 7) is 10.6. The van der Waals surface area contributed by atoms with Crippen LogP contribution in [0.2, 0.25) is 0 Å². The van der Waals surface area contributed by atoms with Gasteiger partial charge in [-0.25, -0.2) is 0 Å². The zero-order valence-electron chi connectivity index (χ0n) is 15.8. The Hall–Kier alpha value is -1.07. The summed E-state index contributed by atoms with van der Waals surface area (Å²) in [5, 5.41) is 0. The maximum atomic E-state index is 12.7. The third-order valence-corrected chi connectivity index (χ3v) is 5.61. The fourth-order valence-electron chi connectivity index (χ4n) is 3.63.